The van der Waals surface area contributed by atoms with E-state index in [2.05, 4.69) is 9.98 Å². The second-order valence-electron chi connectivity index (χ2n) is 4.41. The number of nitrogens with zero attached hydrogens (tertiary/aromatic N) is 2. The maximum atomic E-state index is 13.1. The predicted molar refractivity (Wildman–Crippen MR) is 69.5 cm³/mol. The third-order valence-corrected chi connectivity index (χ3v) is 3.10. The molecule has 0 spiro atoms. The summed E-state index contributed by atoms with van der Waals surface area (Å²) in [6, 6.07) is 5.84. The Hall–Kier alpha value is -2.50. The smallest absolute Gasteiger partial charge is 0.215 e. The first kappa shape index (κ1) is 11.6. The highest BCUT2D eigenvalue weighted by Crippen LogP contribution is 2.36. The lowest BCUT2D eigenvalue weighted by Gasteiger charge is -2.27. The van der Waals surface area contributed by atoms with E-state index in [4.69, 9.17) is 0 Å². The molecule has 2 aromatic rings. The second-order valence-corrected chi connectivity index (χ2v) is 4.41. The van der Waals surface area contributed by atoms with Crippen molar-refractivity contribution in [2.24, 2.45) is 4.99 Å². The molecule has 0 unspecified atom stereocenters. The van der Waals surface area contributed by atoms with E-state index in [0.717, 1.165) is 5.56 Å². The molecule has 0 amide bonds. The molecule has 2 heterocycles. The summed E-state index contributed by atoms with van der Waals surface area (Å²) in [5.74, 6) is 0.0427. The number of hydrogen-bond acceptors (Lipinski definition) is 4. The topological polar surface area (TPSA) is 71.8 Å². The molecule has 19 heavy (non-hydrogen) atoms. The third kappa shape index (κ3) is 1.91. The summed E-state index contributed by atoms with van der Waals surface area (Å²) in [6.45, 7) is 2.22. The summed E-state index contributed by atoms with van der Waals surface area (Å²) in [7, 11) is 0. The summed E-state index contributed by atoms with van der Waals surface area (Å²) >= 11 is 0. The Morgan fingerprint density at radius 1 is 1.32 bits per heavy atom. The molecule has 0 radical (unpaired) electrons. The first-order chi connectivity index (χ1) is 9.04. The lowest BCUT2D eigenvalue weighted by molar-refractivity contribution is 0.425. The number of nitrogens with one attached hydrogen (secondary N) is 1. The first-order valence-electron chi connectivity index (χ1n) is 5.77. The zero-order chi connectivity index (χ0) is 13.6. The standard InChI is InChI=1S/C13H12FN3O2/c1-7-15-10-4-9(14)3-2-8(10)6-17(7)11-5-12(18)16-13(11)19/h2-5,16,18-19H,6H2,1H3. The third-order valence-electron chi connectivity index (χ3n) is 3.10. The van der Waals surface area contributed by atoms with Crippen molar-refractivity contribution in [3.05, 3.63) is 35.6 Å². The minimum absolute atomic E-state index is 0.120. The number of aromatic hydroxyl groups is 2. The van der Waals surface area contributed by atoms with Gasteiger partial charge in [0.15, 0.2) is 5.88 Å². The average Bonchev–Trinajstić information content (AvgIpc) is 2.67. The zero-order valence-electron chi connectivity index (χ0n) is 10.2. The Morgan fingerprint density at radius 3 is 2.79 bits per heavy atom. The lowest BCUT2D eigenvalue weighted by atomic mass is 10.1. The summed E-state index contributed by atoms with van der Waals surface area (Å²) in [5.41, 5.74) is 1.88. The summed E-state index contributed by atoms with van der Waals surface area (Å²) in [4.78, 5) is 8.47. The SMILES string of the molecule is CC1=Nc2cc(F)ccc2CN1c1cc(O)[nH]c1O. The number of anilines is 1. The molecule has 1 aromatic carbocycles. The molecule has 0 atom stereocenters. The Kier molecular flexibility index (Phi) is 2.45. The van der Waals surface area contributed by atoms with Gasteiger partial charge in [-0.15, -0.1) is 0 Å². The molecule has 3 N–H and O–H groups in total. The number of aliphatic imine (C=N–C) groups is 1. The Morgan fingerprint density at radius 2 is 2.11 bits per heavy atom. The van der Waals surface area contributed by atoms with Crippen molar-refractivity contribution < 1.29 is 14.6 Å². The van der Waals surface area contributed by atoms with Crippen LogP contribution in [0.4, 0.5) is 15.8 Å². The fourth-order valence-corrected chi connectivity index (χ4v) is 2.18. The molecule has 6 heteroatoms. The van der Waals surface area contributed by atoms with Crippen LogP contribution in [0.1, 0.15) is 12.5 Å². The molecule has 1 aromatic heterocycles. The van der Waals surface area contributed by atoms with E-state index in [-0.39, 0.29) is 17.6 Å². The maximum Gasteiger partial charge on any atom is 0.215 e. The van der Waals surface area contributed by atoms with Crippen LogP contribution in [0, 0.1) is 5.82 Å². The largest absolute Gasteiger partial charge is 0.494 e. The average molecular weight is 261 g/mol. The predicted octanol–water partition coefficient (Wildman–Crippen LogP) is 2.64. The van der Waals surface area contributed by atoms with Crippen molar-refractivity contribution in [2.75, 3.05) is 4.90 Å². The Bertz CT molecular complexity index is 679. The van der Waals surface area contributed by atoms with Crippen LogP contribution in [0.5, 0.6) is 11.8 Å². The van der Waals surface area contributed by atoms with Gasteiger partial charge in [-0.05, 0) is 24.6 Å². The number of hydrogen-bond donors (Lipinski definition) is 3. The van der Waals surface area contributed by atoms with Gasteiger partial charge in [0.2, 0.25) is 5.88 Å². The van der Waals surface area contributed by atoms with E-state index >= 15 is 0 Å². The summed E-state index contributed by atoms with van der Waals surface area (Å²) in [6.07, 6.45) is 0. The fourth-order valence-electron chi connectivity index (χ4n) is 2.18. The summed E-state index contributed by atoms with van der Waals surface area (Å²) < 4.78 is 13.1. The van der Waals surface area contributed by atoms with Gasteiger partial charge in [-0.1, -0.05) is 6.07 Å². The van der Waals surface area contributed by atoms with E-state index in [9.17, 15) is 14.6 Å². The number of benzene rings is 1. The molecule has 3 rings (SSSR count). The van der Waals surface area contributed by atoms with Crippen molar-refractivity contribution >= 4 is 17.2 Å². The van der Waals surface area contributed by atoms with Crippen LogP contribution >= 0.6 is 0 Å². The van der Waals surface area contributed by atoms with Crippen molar-refractivity contribution in [3.63, 3.8) is 0 Å². The first-order valence-corrected chi connectivity index (χ1v) is 5.77. The molecule has 0 aliphatic carbocycles. The van der Waals surface area contributed by atoms with Gasteiger partial charge in [0.05, 0.1) is 12.2 Å². The van der Waals surface area contributed by atoms with Crippen LogP contribution in [-0.2, 0) is 6.54 Å². The van der Waals surface area contributed by atoms with Gasteiger partial charge < -0.3 is 15.1 Å². The quantitative estimate of drug-likeness (QED) is 0.739. The number of aromatic amines is 1. The highest BCUT2D eigenvalue weighted by Gasteiger charge is 2.22. The molecule has 0 bridgehead atoms. The van der Waals surface area contributed by atoms with Gasteiger partial charge in [-0.2, -0.15) is 0 Å². The minimum Gasteiger partial charge on any atom is -0.494 e. The van der Waals surface area contributed by atoms with Gasteiger partial charge in [0.1, 0.15) is 17.3 Å². The number of rotatable bonds is 1. The van der Waals surface area contributed by atoms with Gasteiger partial charge in [-0.25, -0.2) is 9.38 Å². The maximum absolute atomic E-state index is 13.1. The number of H-pyrrole nitrogens is 1. The van der Waals surface area contributed by atoms with Gasteiger partial charge in [0.25, 0.3) is 0 Å². The minimum atomic E-state index is -0.328. The monoisotopic (exact) mass is 261 g/mol. The van der Waals surface area contributed by atoms with Crippen molar-refractivity contribution in [3.8, 4) is 11.8 Å². The van der Waals surface area contributed by atoms with E-state index < -0.39 is 0 Å². The molecular weight excluding hydrogens is 249 g/mol. The van der Waals surface area contributed by atoms with E-state index in [1.807, 2.05) is 0 Å². The van der Waals surface area contributed by atoms with Gasteiger partial charge >= 0.3 is 0 Å². The van der Waals surface area contributed by atoms with Crippen molar-refractivity contribution in [2.45, 2.75) is 13.5 Å². The van der Waals surface area contributed by atoms with Gasteiger partial charge in [-0.3, -0.25) is 4.98 Å². The molecule has 98 valence electrons. The highest BCUT2D eigenvalue weighted by molar-refractivity contribution is 6.00. The van der Waals surface area contributed by atoms with Crippen LogP contribution in [0.15, 0.2) is 29.3 Å². The highest BCUT2D eigenvalue weighted by atomic mass is 19.1. The molecule has 0 saturated carbocycles. The fraction of sp³-hybridized carbons (Fsp3) is 0.154. The molecule has 0 saturated heterocycles. The van der Waals surface area contributed by atoms with E-state index in [1.165, 1.54) is 18.2 Å². The molecular formula is C13H12FN3O2. The molecule has 1 aliphatic heterocycles. The van der Waals surface area contributed by atoms with Crippen LogP contribution in [0.3, 0.4) is 0 Å². The van der Waals surface area contributed by atoms with Crippen molar-refractivity contribution in [1.82, 2.24) is 4.98 Å². The van der Waals surface area contributed by atoms with Crippen LogP contribution in [-0.4, -0.2) is 21.0 Å². The van der Waals surface area contributed by atoms with Crippen LogP contribution in [0.2, 0.25) is 0 Å². The number of amidine groups is 1. The molecule has 5 nitrogen and oxygen atoms in total. The number of fused-ring (bicyclic) bond motifs is 1. The Balaban J connectivity index is 2.04. The normalized spacial score (nSPS) is 14.2. The van der Waals surface area contributed by atoms with E-state index in [0.29, 0.717) is 23.8 Å². The zero-order valence-corrected chi connectivity index (χ0v) is 10.2. The van der Waals surface area contributed by atoms with E-state index in [1.54, 1.807) is 17.9 Å². The summed E-state index contributed by atoms with van der Waals surface area (Å²) in [5, 5.41) is 19.1. The second kappa shape index (κ2) is 4.01. The van der Waals surface area contributed by atoms with Crippen LogP contribution < -0.4 is 4.90 Å². The lowest BCUT2D eigenvalue weighted by Crippen LogP contribution is -2.30. The van der Waals surface area contributed by atoms with Gasteiger partial charge in [0, 0.05) is 6.07 Å². The number of aromatic nitrogens is 1. The molecule has 1 aliphatic rings. The number of halogens is 1. The molecule has 0 fully saturated rings. The Labute approximate surface area is 108 Å². The van der Waals surface area contributed by atoms with Crippen LogP contribution in [0.25, 0.3) is 0 Å². The van der Waals surface area contributed by atoms with Crippen molar-refractivity contribution in [1.29, 1.82) is 0 Å².